The fourth-order valence-electron chi connectivity index (χ4n) is 2.50. The van der Waals surface area contributed by atoms with Crippen molar-refractivity contribution in [1.29, 1.82) is 0 Å². The smallest absolute Gasteiger partial charge is 0.123 e. The summed E-state index contributed by atoms with van der Waals surface area (Å²) in [7, 11) is 0. The van der Waals surface area contributed by atoms with Crippen molar-refractivity contribution in [2.75, 3.05) is 0 Å². The van der Waals surface area contributed by atoms with Gasteiger partial charge in [0.25, 0.3) is 0 Å². The summed E-state index contributed by atoms with van der Waals surface area (Å²) >= 11 is 0. The standard InChI is InChI=1S/C12H10O2.C10H14O2/c13-10-6-7-12(14)11(8-10)9-4-2-1-3-5-9;1-10(2,3)8-6-7(11)4-5-9(8)12/h1-8,13-14H;4-6,11-12H,1-3H3. The fraction of sp³-hybridized carbons (Fsp3) is 0.182. The molecule has 0 saturated carbocycles. The Morgan fingerprint density at radius 2 is 1.15 bits per heavy atom. The second kappa shape index (κ2) is 7.83. The van der Waals surface area contributed by atoms with Crippen molar-refractivity contribution in [3.05, 3.63) is 72.3 Å². The average molecular weight is 352 g/mol. The molecule has 0 radical (unpaired) electrons. The maximum absolute atomic E-state index is 9.58. The van der Waals surface area contributed by atoms with Crippen LogP contribution in [0.2, 0.25) is 0 Å². The van der Waals surface area contributed by atoms with Gasteiger partial charge in [0.1, 0.15) is 23.0 Å². The Labute approximate surface area is 153 Å². The van der Waals surface area contributed by atoms with Crippen LogP contribution < -0.4 is 0 Å². The molecule has 4 nitrogen and oxygen atoms in total. The van der Waals surface area contributed by atoms with Crippen LogP contribution in [0.15, 0.2) is 66.7 Å². The van der Waals surface area contributed by atoms with E-state index in [0.29, 0.717) is 5.56 Å². The zero-order chi connectivity index (χ0) is 19.3. The third kappa shape index (κ3) is 4.93. The largest absolute Gasteiger partial charge is 0.508 e. The summed E-state index contributed by atoms with van der Waals surface area (Å²) in [6.45, 7) is 5.96. The van der Waals surface area contributed by atoms with Crippen molar-refractivity contribution in [2.24, 2.45) is 0 Å². The predicted molar refractivity (Wildman–Crippen MR) is 104 cm³/mol. The van der Waals surface area contributed by atoms with Crippen LogP contribution >= 0.6 is 0 Å². The third-order valence-corrected chi connectivity index (χ3v) is 3.85. The van der Waals surface area contributed by atoms with E-state index in [1.54, 1.807) is 12.1 Å². The van der Waals surface area contributed by atoms with Gasteiger partial charge in [0.05, 0.1) is 0 Å². The van der Waals surface area contributed by atoms with Crippen molar-refractivity contribution in [3.8, 4) is 34.1 Å². The molecule has 26 heavy (non-hydrogen) atoms. The number of hydrogen-bond donors (Lipinski definition) is 4. The van der Waals surface area contributed by atoms with E-state index in [9.17, 15) is 20.4 Å². The lowest BCUT2D eigenvalue weighted by Crippen LogP contribution is -2.10. The van der Waals surface area contributed by atoms with E-state index < -0.39 is 0 Å². The molecule has 136 valence electrons. The van der Waals surface area contributed by atoms with Gasteiger partial charge < -0.3 is 20.4 Å². The number of phenolic OH excluding ortho intramolecular Hbond substituents is 4. The van der Waals surface area contributed by atoms with Gasteiger partial charge in [0.2, 0.25) is 0 Å². The molecule has 3 aromatic carbocycles. The van der Waals surface area contributed by atoms with E-state index >= 15 is 0 Å². The van der Waals surface area contributed by atoms with Gasteiger partial charge in [-0.3, -0.25) is 0 Å². The summed E-state index contributed by atoms with van der Waals surface area (Å²) in [5.74, 6) is 0.758. The van der Waals surface area contributed by atoms with Crippen LogP contribution in [0.1, 0.15) is 26.3 Å². The van der Waals surface area contributed by atoms with E-state index in [4.69, 9.17) is 0 Å². The molecule has 4 N–H and O–H groups in total. The Bertz CT molecular complexity index is 865. The molecular weight excluding hydrogens is 328 g/mol. The lowest BCUT2D eigenvalue weighted by Gasteiger charge is -2.20. The van der Waals surface area contributed by atoms with Crippen molar-refractivity contribution < 1.29 is 20.4 Å². The Morgan fingerprint density at radius 1 is 0.615 bits per heavy atom. The van der Waals surface area contributed by atoms with E-state index in [0.717, 1.165) is 11.1 Å². The second-order valence-electron chi connectivity index (χ2n) is 7.02. The molecule has 0 fully saturated rings. The molecule has 0 amide bonds. The van der Waals surface area contributed by atoms with E-state index in [2.05, 4.69) is 0 Å². The Morgan fingerprint density at radius 3 is 1.69 bits per heavy atom. The van der Waals surface area contributed by atoms with Crippen LogP contribution in [0, 0.1) is 0 Å². The number of benzene rings is 3. The van der Waals surface area contributed by atoms with Gasteiger partial charge in [0.15, 0.2) is 0 Å². The quantitative estimate of drug-likeness (QED) is 0.456. The van der Waals surface area contributed by atoms with Gasteiger partial charge >= 0.3 is 0 Å². The van der Waals surface area contributed by atoms with Crippen molar-refractivity contribution in [1.82, 2.24) is 0 Å². The van der Waals surface area contributed by atoms with E-state index in [1.165, 1.54) is 24.3 Å². The monoisotopic (exact) mass is 352 g/mol. The third-order valence-electron chi connectivity index (χ3n) is 3.85. The molecule has 0 spiro atoms. The van der Waals surface area contributed by atoms with E-state index in [1.807, 2.05) is 51.1 Å². The minimum absolute atomic E-state index is 0.136. The first kappa shape index (κ1) is 19.2. The second-order valence-corrected chi connectivity index (χ2v) is 7.02. The Balaban J connectivity index is 0.000000190. The topological polar surface area (TPSA) is 80.9 Å². The summed E-state index contributed by atoms with van der Waals surface area (Å²) in [5, 5.41) is 37.5. The van der Waals surface area contributed by atoms with Gasteiger partial charge in [-0.2, -0.15) is 0 Å². The molecule has 4 heteroatoms. The van der Waals surface area contributed by atoms with Crippen LogP contribution in [-0.2, 0) is 5.41 Å². The lowest BCUT2D eigenvalue weighted by molar-refractivity contribution is 0.435. The SMILES string of the molecule is CC(C)(C)c1cc(O)ccc1O.Oc1ccc(O)c(-c2ccccc2)c1. The minimum Gasteiger partial charge on any atom is -0.508 e. The first-order valence-electron chi connectivity index (χ1n) is 8.28. The number of hydrogen-bond acceptors (Lipinski definition) is 4. The van der Waals surface area contributed by atoms with Gasteiger partial charge in [-0.25, -0.2) is 0 Å². The summed E-state index contributed by atoms with van der Waals surface area (Å²) in [6.07, 6.45) is 0. The highest BCUT2D eigenvalue weighted by molar-refractivity contribution is 5.71. The fourth-order valence-corrected chi connectivity index (χ4v) is 2.50. The van der Waals surface area contributed by atoms with Crippen LogP contribution in [-0.4, -0.2) is 20.4 Å². The first-order chi connectivity index (χ1) is 12.2. The summed E-state index contributed by atoms with van der Waals surface area (Å²) in [4.78, 5) is 0. The molecule has 0 aliphatic carbocycles. The molecule has 0 aliphatic rings. The van der Waals surface area contributed by atoms with Crippen molar-refractivity contribution >= 4 is 0 Å². The summed E-state index contributed by atoms with van der Waals surface area (Å²) in [5.41, 5.74) is 2.16. The van der Waals surface area contributed by atoms with E-state index in [-0.39, 0.29) is 28.4 Å². The molecule has 3 aromatic rings. The molecule has 0 aromatic heterocycles. The zero-order valence-electron chi connectivity index (χ0n) is 15.1. The average Bonchev–Trinajstić information content (AvgIpc) is 2.59. The maximum Gasteiger partial charge on any atom is 0.123 e. The zero-order valence-corrected chi connectivity index (χ0v) is 15.1. The number of phenols is 4. The molecule has 0 aliphatic heterocycles. The molecule has 0 unspecified atom stereocenters. The highest BCUT2D eigenvalue weighted by atomic mass is 16.3. The minimum atomic E-state index is -0.136. The van der Waals surface area contributed by atoms with Gasteiger partial charge in [-0.15, -0.1) is 0 Å². The molecular formula is C22H24O4. The Kier molecular flexibility index (Phi) is 5.78. The number of aromatic hydroxyl groups is 4. The Hall–Kier alpha value is -3.14. The number of rotatable bonds is 1. The molecule has 0 heterocycles. The van der Waals surface area contributed by atoms with Crippen LogP contribution in [0.5, 0.6) is 23.0 Å². The highest BCUT2D eigenvalue weighted by Crippen LogP contribution is 2.33. The predicted octanol–water partition coefficient (Wildman–Crippen LogP) is 5.16. The maximum atomic E-state index is 9.58. The molecule has 0 atom stereocenters. The van der Waals surface area contributed by atoms with Crippen molar-refractivity contribution in [3.63, 3.8) is 0 Å². The normalized spacial score (nSPS) is 10.7. The van der Waals surface area contributed by atoms with Gasteiger partial charge in [-0.05, 0) is 47.4 Å². The lowest BCUT2D eigenvalue weighted by atomic mass is 9.86. The van der Waals surface area contributed by atoms with Crippen LogP contribution in [0.25, 0.3) is 11.1 Å². The summed E-state index contributed by atoms with van der Waals surface area (Å²) in [6, 6.07) is 18.5. The molecule has 0 bridgehead atoms. The van der Waals surface area contributed by atoms with Crippen LogP contribution in [0.4, 0.5) is 0 Å². The van der Waals surface area contributed by atoms with Gasteiger partial charge in [0, 0.05) is 11.1 Å². The first-order valence-corrected chi connectivity index (χ1v) is 8.28. The molecule has 3 rings (SSSR count). The molecule has 0 saturated heterocycles. The van der Waals surface area contributed by atoms with Gasteiger partial charge in [-0.1, -0.05) is 51.1 Å². The summed E-state index contributed by atoms with van der Waals surface area (Å²) < 4.78 is 0. The highest BCUT2D eigenvalue weighted by Gasteiger charge is 2.18. The van der Waals surface area contributed by atoms with Crippen LogP contribution in [0.3, 0.4) is 0 Å². The van der Waals surface area contributed by atoms with Crippen molar-refractivity contribution in [2.45, 2.75) is 26.2 Å².